The van der Waals surface area contributed by atoms with Gasteiger partial charge >= 0.3 is 0 Å². The summed E-state index contributed by atoms with van der Waals surface area (Å²) < 4.78 is 2.16. The molecular weight excluding hydrogens is 330 g/mol. The summed E-state index contributed by atoms with van der Waals surface area (Å²) in [7, 11) is 4.24. The Labute approximate surface area is 156 Å². The van der Waals surface area contributed by atoms with Crippen molar-refractivity contribution >= 4 is 5.91 Å². The first kappa shape index (κ1) is 19.3. The van der Waals surface area contributed by atoms with E-state index in [0.717, 1.165) is 70.3 Å². The number of piperazine rings is 1. The third kappa shape index (κ3) is 4.24. The number of rotatable bonds is 4. The van der Waals surface area contributed by atoms with Crippen LogP contribution in [0.15, 0.2) is 0 Å². The summed E-state index contributed by atoms with van der Waals surface area (Å²) in [6.07, 6.45) is 1.84. The van der Waals surface area contributed by atoms with Crippen molar-refractivity contribution in [2.45, 2.75) is 44.7 Å². The summed E-state index contributed by atoms with van der Waals surface area (Å²) in [5, 5.41) is 8.94. The SMILES string of the molecule is CN1CCN(Cc2nnc(C3CCN(C(=O)C(C)(C)N)CC3)n2C)CC1. The molecule has 1 amide bonds. The van der Waals surface area contributed by atoms with Gasteiger partial charge in [-0.25, -0.2) is 0 Å². The van der Waals surface area contributed by atoms with Crippen LogP contribution in [0.3, 0.4) is 0 Å². The van der Waals surface area contributed by atoms with E-state index in [1.165, 1.54) is 0 Å². The molecule has 0 aromatic carbocycles. The molecule has 2 saturated heterocycles. The minimum Gasteiger partial charge on any atom is -0.341 e. The monoisotopic (exact) mass is 363 g/mol. The fourth-order valence-corrected chi connectivity index (χ4v) is 3.82. The van der Waals surface area contributed by atoms with Gasteiger partial charge in [0.05, 0.1) is 12.1 Å². The van der Waals surface area contributed by atoms with Crippen LogP contribution in [0.1, 0.15) is 44.3 Å². The highest BCUT2D eigenvalue weighted by molar-refractivity contribution is 5.85. The summed E-state index contributed by atoms with van der Waals surface area (Å²) in [5.74, 6) is 2.47. The average molecular weight is 364 g/mol. The van der Waals surface area contributed by atoms with Crippen LogP contribution in [-0.2, 0) is 18.4 Å². The number of carbonyl (C=O) groups excluding carboxylic acids is 1. The van der Waals surface area contributed by atoms with Crippen LogP contribution in [0, 0.1) is 0 Å². The molecule has 3 rings (SSSR count). The van der Waals surface area contributed by atoms with Gasteiger partial charge in [-0.3, -0.25) is 9.69 Å². The molecule has 1 aromatic heterocycles. The standard InChI is InChI=1S/C18H33N7O/c1-18(2,19)17(26)25-7-5-14(6-8-25)16-21-20-15(23(16)4)13-24-11-9-22(3)10-12-24/h14H,5-13,19H2,1-4H3. The van der Waals surface area contributed by atoms with E-state index >= 15 is 0 Å². The van der Waals surface area contributed by atoms with Gasteiger partial charge in [-0.1, -0.05) is 0 Å². The van der Waals surface area contributed by atoms with Crippen molar-refractivity contribution in [1.29, 1.82) is 0 Å². The molecule has 8 heteroatoms. The number of hydrogen-bond donors (Lipinski definition) is 1. The highest BCUT2D eigenvalue weighted by atomic mass is 16.2. The van der Waals surface area contributed by atoms with Gasteiger partial charge in [-0.05, 0) is 33.7 Å². The van der Waals surface area contributed by atoms with Crippen LogP contribution in [0.4, 0.5) is 0 Å². The smallest absolute Gasteiger partial charge is 0.242 e. The molecule has 0 aliphatic carbocycles. The topological polar surface area (TPSA) is 83.5 Å². The van der Waals surface area contributed by atoms with Crippen LogP contribution >= 0.6 is 0 Å². The fraction of sp³-hybridized carbons (Fsp3) is 0.833. The molecule has 8 nitrogen and oxygen atoms in total. The number of aromatic nitrogens is 3. The van der Waals surface area contributed by atoms with Crippen LogP contribution in [0.2, 0.25) is 0 Å². The zero-order valence-corrected chi connectivity index (χ0v) is 16.6. The molecule has 0 atom stereocenters. The number of amides is 1. The predicted octanol–water partition coefficient (Wildman–Crippen LogP) is 0.00580. The van der Waals surface area contributed by atoms with Gasteiger partial charge in [0.2, 0.25) is 5.91 Å². The molecule has 0 spiro atoms. The predicted molar refractivity (Wildman–Crippen MR) is 101 cm³/mol. The van der Waals surface area contributed by atoms with Crippen LogP contribution in [0.5, 0.6) is 0 Å². The molecule has 146 valence electrons. The molecule has 0 radical (unpaired) electrons. The Kier molecular flexibility index (Phi) is 5.64. The lowest BCUT2D eigenvalue weighted by Crippen LogP contribution is -2.53. The van der Waals surface area contributed by atoms with Gasteiger partial charge in [0.25, 0.3) is 0 Å². The maximum Gasteiger partial charge on any atom is 0.242 e. The number of nitrogens with two attached hydrogens (primary N) is 1. The van der Waals surface area contributed by atoms with E-state index in [4.69, 9.17) is 5.73 Å². The Morgan fingerprint density at radius 2 is 1.69 bits per heavy atom. The highest BCUT2D eigenvalue weighted by Gasteiger charge is 2.32. The Hall–Kier alpha value is -1.51. The molecule has 2 aliphatic rings. The first-order chi connectivity index (χ1) is 12.3. The van der Waals surface area contributed by atoms with E-state index in [0.29, 0.717) is 5.92 Å². The summed E-state index contributed by atoms with van der Waals surface area (Å²) >= 11 is 0. The first-order valence-corrected chi connectivity index (χ1v) is 9.63. The summed E-state index contributed by atoms with van der Waals surface area (Å²) in [4.78, 5) is 19.0. The molecule has 1 aromatic rings. The lowest BCUT2D eigenvalue weighted by Gasteiger charge is -2.35. The molecule has 0 bridgehead atoms. The normalized spacial score (nSPS) is 21.3. The van der Waals surface area contributed by atoms with E-state index in [-0.39, 0.29) is 5.91 Å². The van der Waals surface area contributed by atoms with E-state index < -0.39 is 5.54 Å². The van der Waals surface area contributed by atoms with Crippen molar-refractivity contribution in [3.8, 4) is 0 Å². The van der Waals surface area contributed by atoms with Gasteiger partial charge in [0.1, 0.15) is 11.6 Å². The zero-order valence-electron chi connectivity index (χ0n) is 16.6. The van der Waals surface area contributed by atoms with Crippen LogP contribution in [0.25, 0.3) is 0 Å². The van der Waals surface area contributed by atoms with E-state index in [1.54, 1.807) is 13.8 Å². The third-order valence-corrected chi connectivity index (χ3v) is 5.66. The maximum absolute atomic E-state index is 12.3. The molecule has 2 fully saturated rings. The lowest BCUT2D eigenvalue weighted by molar-refractivity contribution is -0.136. The number of carbonyl (C=O) groups is 1. The quantitative estimate of drug-likeness (QED) is 0.811. The van der Waals surface area contributed by atoms with Gasteiger partial charge in [-0.2, -0.15) is 0 Å². The van der Waals surface area contributed by atoms with E-state index in [2.05, 4.69) is 38.7 Å². The largest absolute Gasteiger partial charge is 0.341 e. The second-order valence-corrected chi connectivity index (χ2v) is 8.40. The molecular formula is C18H33N7O. The summed E-state index contributed by atoms with van der Waals surface area (Å²) in [6, 6.07) is 0. The van der Waals surface area contributed by atoms with Crippen molar-refractivity contribution in [3.63, 3.8) is 0 Å². The maximum atomic E-state index is 12.3. The molecule has 3 heterocycles. The van der Waals surface area contributed by atoms with E-state index in [9.17, 15) is 4.79 Å². The zero-order chi connectivity index (χ0) is 18.9. The second kappa shape index (κ2) is 7.62. The Bertz CT molecular complexity index is 620. The number of likely N-dealkylation sites (tertiary alicyclic amines) is 1. The van der Waals surface area contributed by atoms with Crippen molar-refractivity contribution in [3.05, 3.63) is 11.6 Å². The Morgan fingerprint density at radius 3 is 2.27 bits per heavy atom. The lowest BCUT2D eigenvalue weighted by atomic mass is 9.94. The van der Waals surface area contributed by atoms with Crippen molar-refractivity contribution < 1.29 is 4.79 Å². The van der Waals surface area contributed by atoms with Crippen LogP contribution in [-0.4, -0.2) is 87.2 Å². The third-order valence-electron chi connectivity index (χ3n) is 5.66. The first-order valence-electron chi connectivity index (χ1n) is 9.63. The Morgan fingerprint density at radius 1 is 1.08 bits per heavy atom. The van der Waals surface area contributed by atoms with Crippen molar-refractivity contribution in [2.24, 2.45) is 12.8 Å². The molecule has 2 N–H and O–H groups in total. The van der Waals surface area contributed by atoms with Gasteiger partial charge in [0, 0.05) is 52.2 Å². The minimum absolute atomic E-state index is 0.0321. The Balaban J connectivity index is 1.58. The molecule has 26 heavy (non-hydrogen) atoms. The fourth-order valence-electron chi connectivity index (χ4n) is 3.82. The molecule has 2 aliphatic heterocycles. The molecule has 0 unspecified atom stereocenters. The van der Waals surface area contributed by atoms with Crippen molar-refractivity contribution in [2.75, 3.05) is 46.3 Å². The summed E-state index contributed by atoms with van der Waals surface area (Å²) in [6.45, 7) is 10.3. The number of likely N-dealkylation sites (N-methyl/N-ethyl adjacent to an activating group) is 1. The molecule has 0 saturated carbocycles. The number of piperidine rings is 1. The highest BCUT2D eigenvalue weighted by Crippen LogP contribution is 2.28. The van der Waals surface area contributed by atoms with Gasteiger partial charge < -0.3 is 20.1 Å². The average Bonchev–Trinajstić information content (AvgIpc) is 2.96. The van der Waals surface area contributed by atoms with Gasteiger partial charge in [0.15, 0.2) is 0 Å². The number of hydrogen-bond acceptors (Lipinski definition) is 6. The number of nitrogens with zero attached hydrogens (tertiary/aromatic N) is 6. The van der Waals surface area contributed by atoms with Gasteiger partial charge in [-0.15, -0.1) is 10.2 Å². The van der Waals surface area contributed by atoms with E-state index in [1.807, 2.05) is 4.90 Å². The summed E-state index contributed by atoms with van der Waals surface area (Å²) in [5.41, 5.74) is 5.16. The second-order valence-electron chi connectivity index (χ2n) is 8.40. The minimum atomic E-state index is -0.798. The van der Waals surface area contributed by atoms with Crippen molar-refractivity contribution in [1.82, 2.24) is 29.5 Å². The van der Waals surface area contributed by atoms with Crippen LogP contribution < -0.4 is 5.73 Å².